The summed E-state index contributed by atoms with van der Waals surface area (Å²) in [5.41, 5.74) is 2.47. The van der Waals surface area contributed by atoms with Crippen molar-refractivity contribution in [2.45, 2.75) is 30.3 Å². The molecule has 7 nitrogen and oxygen atoms in total. The van der Waals surface area contributed by atoms with Crippen LogP contribution in [-0.2, 0) is 20.0 Å². The van der Waals surface area contributed by atoms with Gasteiger partial charge in [0.15, 0.2) is 5.76 Å². The number of nitrogens with one attached hydrogen (secondary N) is 1. The normalized spacial score (nSPS) is 16.6. The summed E-state index contributed by atoms with van der Waals surface area (Å²) < 4.78 is 15.5. The van der Waals surface area contributed by atoms with Crippen LogP contribution in [0.3, 0.4) is 0 Å². The van der Waals surface area contributed by atoms with Crippen LogP contribution in [0.4, 0.5) is 5.69 Å². The van der Waals surface area contributed by atoms with E-state index in [0.29, 0.717) is 0 Å². The van der Waals surface area contributed by atoms with Crippen LogP contribution < -0.4 is 5.32 Å². The van der Waals surface area contributed by atoms with Crippen molar-refractivity contribution in [3.8, 4) is 0 Å². The molecule has 9 heteroatoms. The molecule has 1 aromatic carbocycles. The Balaban J connectivity index is 1.70. The molecule has 1 fully saturated rings. The van der Waals surface area contributed by atoms with Gasteiger partial charge in [0.05, 0.1) is 35.1 Å². The lowest BCUT2D eigenvalue weighted by molar-refractivity contribution is 0.0587. The monoisotopic (exact) mass is 461 g/mol. The van der Waals surface area contributed by atoms with Crippen molar-refractivity contribution in [1.29, 1.82) is 0 Å². The Morgan fingerprint density at radius 3 is 2.48 bits per heavy atom. The van der Waals surface area contributed by atoms with Crippen LogP contribution in [0.5, 0.6) is 0 Å². The molecule has 2 aromatic rings. The van der Waals surface area contributed by atoms with E-state index in [-0.39, 0.29) is 26.7 Å². The highest BCUT2D eigenvalue weighted by atomic mass is 32.2. The number of aryl methyl sites for hydroxylation is 1. The Morgan fingerprint density at radius 1 is 1.10 bits per heavy atom. The molecular formula is C22H23NO6S2. The SMILES string of the molecule is COC(=O)c1ccc(C(=O)OC)c(NC(=O)c2oc3c(c2C)C2(CCC3)SCCS2)c1. The zero-order valence-electron chi connectivity index (χ0n) is 17.5. The average Bonchev–Trinajstić information content (AvgIpc) is 3.38. The van der Waals surface area contributed by atoms with Crippen LogP contribution >= 0.6 is 23.5 Å². The molecule has 0 unspecified atom stereocenters. The summed E-state index contributed by atoms with van der Waals surface area (Å²) in [5, 5.41) is 2.74. The van der Waals surface area contributed by atoms with E-state index < -0.39 is 17.8 Å². The van der Waals surface area contributed by atoms with E-state index in [4.69, 9.17) is 13.9 Å². The summed E-state index contributed by atoms with van der Waals surface area (Å²) in [7, 11) is 2.52. The second-order valence-corrected chi connectivity index (χ2v) is 10.4. The molecular weight excluding hydrogens is 438 g/mol. The third-order valence-electron chi connectivity index (χ3n) is 5.56. The topological polar surface area (TPSA) is 94.8 Å². The Kier molecular flexibility index (Phi) is 6.07. The van der Waals surface area contributed by atoms with Gasteiger partial charge in [0, 0.05) is 29.1 Å². The summed E-state index contributed by atoms with van der Waals surface area (Å²) >= 11 is 3.85. The number of hydrogen-bond acceptors (Lipinski definition) is 8. The number of anilines is 1. The van der Waals surface area contributed by atoms with Gasteiger partial charge in [0.2, 0.25) is 0 Å². The minimum atomic E-state index is -0.625. The first-order valence-electron chi connectivity index (χ1n) is 9.93. The van der Waals surface area contributed by atoms with Crippen LogP contribution in [0, 0.1) is 6.92 Å². The minimum Gasteiger partial charge on any atom is -0.465 e. The van der Waals surface area contributed by atoms with E-state index in [1.165, 1.54) is 32.4 Å². The maximum Gasteiger partial charge on any atom is 0.339 e. The number of hydrogen-bond donors (Lipinski definition) is 1. The molecule has 4 rings (SSSR count). The molecule has 0 saturated carbocycles. The fraction of sp³-hybridized carbons (Fsp3) is 0.409. The van der Waals surface area contributed by atoms with Crippen molar-refractivity contribution in [3.63, 3.8) is 0 Å². The molecule has 1 aliphatic carbocycles. The molecule has 2 aliphatic rings. The second kappa shape index (κ2) is 8.63. The number of furan rings is 1. The predicted molar refractivity (Wildman–Crippen MR) is 120 cm³/mol. The first-order valence-corrected chi connectivity index (χ1v) is 11.9. The maximum atomic E-state index is 13.2. The average molecular weight is 462 g/mol. The van der Waals surface area contributed by atoms with Crippen molar-refractivity contribution in [2.24, 2.45) is 0 Å². The number of methoxy groups -OCH3 is 2. The molecule has 1 N–H and O–H groups in total. The van der Waals surface area contributed by atoms with Gasteiger partial charge in [-0.05, 0) is 38.0 Å². The number of ether oxygens (including phenoxy) is 2. The van der Waals surface area contributed by atoms with Crippen molar-refractivity contribution in [3.05, 3.63) is 52.0 Å². The summed E-state index contributed by atoms with van der Waals surface area (Å²) in [6.07, 6.45) is 2.89. The van der Waals surface area contributed by atoms with Gasteiger partial charge < -0.3 is 19.2 Å². The van der Waals surface area contributed by atoms with Crippen LogP contribution in [0.25, 0.3) is 0 Å². The molecule has 0 radical (unpaired) electrons. The molecule has 1 spiro atoms. The highest BCUT2D eigenvalue weighted by molar-refractivity contribution is 8.20. The van der Waals surface area contributed by atoms with Crippen molar-refractivity contribution in [2.75, 3.05) is 31.0 Å². The van der Waals surface area contributed by atoms with Gasteiger partial charge in [-0.3, -0.25) is 4.79 Å². The molecule has 1 aliphatic heterocycles. The molecule has 0 bridgehead atoms. The molecule has 1 amide bonds. The predicted octanol–water partition coefficient (Wildman–Crippen LogP) is 4.38. The fourth-order valence-corrected chi connectivity index (χ4v) is 7.73. The quantitative estimate of drug-likeness (QED) is 0.670. The van der Waals surface area contributed by atoms with E-state index >= 15 is 0 Å². The van der Waals surface area contributed by atoms with Crippen LogP contribution in [0.15, 0.2) is 22.6 Å². The Labute approximate surface area is 188 Å². The molecule has 1 aromatic heterocycles. The fourth-order valence-electron chi connectivity index (χ4n) is 4.17. The molecule has 1 saturated heterocycles. The standard InChI is InChI=1S/C22H23NO6S2/c1-12-17-16(5-4-8-22(17)30-9-10-31-22)29-18(12)19(24)23-15-11-13(20(25)27-2)6-7-14(15)21(26)28-3/h6-7,11H,4-5,8-10H2,1-3H3,(H,23,24). The van der Waals surface area contributed by atoms with Crippen molar-refractivity contribution < 1.29 is 28.3 Å². The minimum absolute atomic E-state index is 0.0400. The number of carbonyl (C=O) groups is 3. The van der Waals surface area contributed by atoms with Crippen LogP contribution in [0.1, 0.15) is 61.0 Å². The summed E-state index contributed by atoms with van der Waals surface area (Å²) in [6, 6.07) is 4.27. The Bertz CT molecular complexity index is 1050. The van der Waals surface area contributed by atoms with Gasteiger partial charge in [-0.25, -0.2) is 9.59 Å². The van der Waals surface area contributed by atoms with Gasteiger partial charge in [-0.2, -0.15) is 0 Å². The number of esters is 2. The van der Waals surface area contributed by atoms with Crippen molar-refractivity contribution >= 4 is 47.1 Å². The van der Waals surface area contributed by atoms with E-state index in [9.17, 15) is 14.4 Å². The molecule has 0 atom stereocenters. The van der Waals surface area contributed by atoms with Crippen LogP contribution in [0.2, 0.25) is 0 Å². The highest BCUT2D eigenvalue weighted by Crippen LogP contribution is 2.59. The first kappa shape index (κ1) is 21.8. The maximum absolute atomic E-state index is 13.2. The van der Waals surface area contributed by atoms with E-state index in [1.807, 2.05) is 30.4 Å². The molecule has 2 heterocycles. The second-order valence-electron chi connectivity index (χ2n) is 7.36. The molecule has 164 valence electrons. The number of amides is 1. The van der Waals surface area contributed by atoms with Gasteiger partial charge in [-0.1, -0.05) is 0 Å². The van der Waals surface area contributed by atoms with Crippen LogP contribution in [-0.4, -0.2) is 43.6 Å². The molecule has 31 heavy (non-hydrogen) atoms. The number of benzene rings is 1. The number of rotatable bonds is 4. The lowest BCUT2D eigenvalue weighted by Crippen LogP contribution is -2.21. The Hall–Kier alpha value is -2.39. The summed E-state index contributed by atoms with van der Waals surface area (Å²) in [4.78, 5) is 37.3. The zero-order valence-corrected chi connectivity index (χ0v) is 19.2. The van der Waals surface area contributed by atoms with Gasteiger partial charge in [0.1, 0.15) is 5.76 Å². The van der Waals surface area contributed by atoms with Gasteiger partial charge in [-0.15, -0.1) is 23.5 Å². The highest BCUT2D eigenvalue weighted by Gasteiger charge is 2.45. The summed E-state index contributed by atoms with van der Waals surface area (Å²) in [6.45, 7) is 1.91. The largest absolute Gasteiger partial charge is 0.465 e. The number of carbonyl (C=O) groups excluding carboxylic acids is 3. The number of thioether (sulfide) groups is 2. The van der Waals surface area contributed by atoms with Crippen molar-refractivity contribution in [1.82, 2.24) is 0 Å². The summed E-state index contributed by atoms with van der Waals surface area (Å²) in [5.74, 6) is 1.60. The first-order chi connectivity index (χ1) is 14.9. The smallest absolute Gasteiger partial charge is 0.339 e. The van der Waals surface area contributed by atoms with Gasteiger partial charge >= 0.3 is 11.9 Å². The van der Waals surface area contributed by atoms with E-state index in [0.717, 1.165) is 47.7 Å². The van der Waals surface area contributed by atoms with E-state index in [2.05, 4.69) is 5.32 Å². The third-order valence-corrected chi connectivity index (χ3v) is 9.10. The third kappa shape index (κ3) is 3.85. The lowest BCUT2D eigenvalue weighted by atomic mass is 9.94. The van der Waals surface area contributed by atoms with E-state index in [1.54, 1.807) is 0 Å². The number of fused-ring (bicyclic) bond motifs is 2. The lowest BCUT2D eigenvalue weighted by Gasteiger charge is -2.31. The zero-order chi connectivity index (χ0) is 22.2. The Morgan fingerprint density at radius 2 is 1.81 bits per heavy atom. The van der Waals surface area contributed by atoms with Gasteiger partial charge in [0.25, 0.3) is 5.91 Å².